The fourth-order valence-electron chi connectivity index (χ4n) is 1.74. The Labute approximate surface area is 92.0 Å². The van der Waals surface area contributed by atoms with Crippen molar-refractivity contribution in [3.05, 3.63) is 48.0 Å². The molecule has 0 saturated heterocycles. The van der Waals surface area contributed by atoms with Crippen LogP contribution in [0.25, 0.3) is 11.6 Å². The number of pyridine rings is 1. The number of aromatic amines is 1. The maximum absolute atomic E-state index is 11.7. The van der Waals surface area contributed by atoms with Crippen molar-refractivity contribution in [3.8, 4) is 0 Å². The van der Waals surface area contributed by atoms with E-state index in [1.165, 1.54) is 0 Å². The van der Waals surface area contributed by atoms with Gasteiger partial charge in [0.05, 0.1) is 17.0 Å². The van der Waals surface area contributed by atoms with Gasteiger partial charge in [-0.2, -0.15) is 0 Å². The molecule has 0 bridgehead atoms. The van der Waals surface area contributed by atoms with Crippen molar-refractivity contribution in [2.45, 2.75) is 0 Å². The Balaban J connectivity index is 2.12. The van der Waals surface area contributed by atoms with E-state index >= 15 is 0 Å². The van der Waals surface area contributed by atoms with E-state index in [1.54, 1.807) is 18.3 Å². The third kappa shape index (κ3) is 1.32. The van der Waals surface area contributed by atoms with Gasteiger partial charge in [-0.25, -0.2) is 0 Å². The van der Waals surface area contributed by atoms with Crippen LogP contribution in [0.5, 0.6) is 0 Å². The molecule has 0 aromatic carbocycles. The third-order valence-corrected chi connectivity index (χ3v) is 2.48. The first-order chi connectivity index (χ1) is 7.84. The maximum atomic E-state index is 11.7. The lowest BCUT2D eigenvalue weighted by atomic mass is 10.1. The zero-order valence-corrected chi connectivity index (χ0v) is 8.40. The van der Waals surface area contributed by atoms with E-state index in [4.69, 9.17) is 0 Å². The van der Waals surface area contributed by atoms with Crippen molar-refractivity contribution in [1.82, 2.24) is 9.97 Å². The molecule has 1 aliphatic rings. The van der Waals surface area contributed by atoms with Crippen LogP contribution < -0.4 is 5.32 Å². The molecule has 78 valence electrons. The van der Waals surface area contributed by atoms with Crippen LogP contribution in [0.15, 0.2) is 36.7 Å². The molecular weight excluding hydrogens is 202 g/mol. The van der Waals surface area contributed by atoms with Gasteiger partial charge in [0.25, 0.3) is 5.91 Å². The summed E-state index contributed by atoms with van der Waals surface area (Å²) < 4.78 is 0. The Morgan fingerprint density at radius 3 is 3.00 bits per heavy atom. The fraction of sp³-hybridized carbons (Fsp3) is 0. The second-order valence-corrected chi connectivity index (χ2v) is 3.54. The zero-order valence-electron chi connectivity index (χ0n) is 8.40. The van der Waals surface area contributed by atoms with Gasteiger partial charge in [0.15, 0.2) is 0 Å². The predicted octanol–water partition coefficient (Wildman–Crippen LogP) is 1.90. The van der Waals surface area contributed by atoms with E-state index in [9.17, 15) is 4.79 Å². The summed E-state index contributed by atoms with van der Waals surface area (Å²) in [7, 11) is 0. The second-order valence-electron chi connectivity index (χ2n) is 3.54. The lowest BCUT2D eigenvalue weighted by Gasteiger charge is -1.94. The number of hydrogen-bond acceptors (Lipinski definition) is 2. The number of hydrogen-bond donors (Lipinski definition) is 2. The molecular formula is C12H9N3O. The van der Waals surface area contributed by atoms with E-state index in [2.05, 4.69) is 15.3 Å². The number of aromatic nitrogens is 2. The molecule has 0 atom stereocenters. The van der Waals surface area contributed by atoms with Crippen molar-refractivity contribution in [2.75, 3.05) is 5.32 Å². The highest BCUT2D eigenvalue weighted by molar-refractivity contribution is 6.34. The van der Waals surface area contributed by atoms with Crippen molar-refractivity contribution in [1.29, 1.82) is 0 Å². The fourth-order valence-corrected chi connectivity index (χ4v) is 1.74. The summed E-state index contributed by atoms with van der Waals surface area (Å²) in [6.45, 7) is 0. The van der Waals surface area contributed by atoms with Gasteiger partial charge in [0.2, 0.25) is 0 Å². The minimum atomic E-state index is -0.108. The average molecular weight is 211 g/mol. The molecule has 3 heterocycles. The Morgan fingerprint density at radius 2 is 2.19 bits per heavy atom. The molecule has 0 unspecified atom stereocenters. The molecule has 2 N–H and O–H groups in total. The van der Waals surface area contributed by atoms with Crippen molar-refractivity contribution in [3.63, 3.8) is 0 Å². The molecule has 4 heteroatoms. The summed E-state index contributed by atoms with van der Waals surface area (Å²) >= 11 is 0. The largest absolute Gasteiger partial charge is 0.362 e. The van der Waals surface area contributed by atoms with E-state index in [0.29, 0.717) is 11.3 Å². The number of fused-ring (bicyclic) bond motifs is 1. The van der Waals surface area contributed by atoms with Gasteiger partial charge in [0.1, 0.15) is 0 Å². The summed E-state index contributed by atoms with van der Waals surface area (Å²) in [4.78, 5) is 19.0. The first kappa shape index (κ1) is 8.91. The van der Waals surface area contributed by atoms with Crippen LogP contribution in [0.2, 0.25) is 0 Å². The van der Waals surface area contributed by atoms with Gasteiger partial charge in [-0.05, 0) is 30.3 Å². The number of nitrogens with one attached hydrogen (secondary N) is 2. The van der Waals surface area contributed by atoms with Gasteiger partial charge in [-0.1, -0.05) is 0 Å². The lowest BCUT2D eigenvalue weighted by Crippen LogP contribution is -2.03. The Morgan fingerprint density at radius 1 is 1.25 bits per heavy atom. The normalized spacial score (nSPS) is 16.2. The van der Waals surface area contributed by atoms with Gasteiger partial charge in [0, 0.05) is 18.1 Å². The molecule has 4 nitrogen and oxygen atoms in total. The minimum absolute atomic E-state index is 0.108. The predicted molar refractivity (Wildman–Crippen MR) is 61.5 cm³/mol. The monoisotopic (exact) mass is 211 g/mol. The first-order valence-electron chi connectivity index (χ1n) is 4.96. The maximum Gasteiger partial charge on any atom is 0.258 e. The molecule has 0 aliphatic carbocycles. The van der Waals surface area contributed by atoms with Gasteiger partial charge >= 0.3 is 0 Å². The van der Waals surface area contributed by atoms with Crippen LogP contribution in [-0.4, -0.2) is 15.9 Å². The highest BCUT2D eigenvalue weighted by Crippen LogP contribution is 2.30. The van der Waals surface area contributed by atoms with E-state index in [-0.39, 0.29) is 5.91 Å². The molecule has 16 heavy (non-hydrogen) atoms. The van der Waals surface area contributed by atoms with Crippen LogP contribution >= 0.6 is 0 Å². The average Bonchev–Trinajstić information content (AvgIpc) is 2.89. The zero-order chi connectivity index (χ0) is 11.0. The van der Waals surface area contributed by atoms with Crippen molar-refractivity contribution < 1.29 is 4.79 Å². The summed E-state index contributed by atoms with van der Waals surface area (Å²) in [6, 6.07) is 7.44. The minimum Gasteiger partial charge on any atom is -0.362 e. The lowest BCUT2D eigenvalue weighted by molar-refractivity contribution is -0.110. The molecule has 0 saturated carbocycles. The molecule has 2 aromatic heterocycles. The van der Waals surface area contributed by atoms with Crippen molar-refractivity contribution >= 4 is 23.2 Å². The Hall–Kier alpha value is -2.36. The number of H-pyrrole nitrogens is 1. The SMILES string of the molecule is O=C1Nc2cccnc2C1=Cc1ccc[nH]1. The van der Waals surface area contributed by atoms with Gasteiger partial charge < -0.3 is 10.3 Å². The first-order valence-corrected chi connectivity index (χ1v) is 4.96. The van der Waals surface area contributed by atoms with Crippen LogP contribution in [0.3, 0.4) is 0 Å². The Kier molecular flexibility index (Phi) is 1.86. The standard InChI is InChI=1S/C12H9N3O/c16-12-9(7-8-3-1-5-13-8)11-10(15-12)4-2-6-14-11/h1-7,13H,(H,15,16). The highest BCUT2D eigenvalue weighted by atomic mass is 16.2. The Bertz CT molecular complexity index is 570. The van der Waals surface area contributed by atoms with Crippen LogP contribution in [-0.2, 0) is 4.79 Å². The number of rotatable bonds is 1. The summed E-state index contributed by atoms with van der Waals surface area (Å²) in [6.07, 6.45) is 5.30. The summed E-state index contributed by atoms with van der Waals surface area (Å²) in [5, 5.41) is 2.78. The second kappa shape index (κ2) is 3.34. The number of carbonyl (C=O) groups excluding carboxylic acids is 1. The van der Waals surface area contributed by atoms with Crippen LogP contribution in [0, 0.1) is 0 Å². The van der Waals surface area contributed by atoms with Gasteiger partial charge in [-0.3, -0.25) is 9.78 Å². The third-order valence-electron chi connectivity index (χ3n) is 2.48. The number of nitrogens with zero attached hydrogens (tertiary/aromatic N) is 1. The van der Waals surface area contributed by atoms with Gasteiger partial charge in [-0.15, -0.1) is 0 Å². The molecule has 0 fully saturated rings. The molecule has 0 radical (unpaired) electrons. The molecule has 0 spiro atoms. The van der Waals surface area contributed by atoms with Crippen LogP contribution in [0.1, 0.15) is 11.4 Å². The van der Waals surface area contributed by atoms with E-state index < -0.39 is 0 Å². The smallest absolute Gasteiger partial charge is 0.258 e. The number of anilines is 1. The van der Waals surface area contributed by atoms with Crippen LogP contribution in [0.4, 0.5) is 5.69 Å². The molecule has 1 aliphatic heterocycles. The number of carbonyl (C=O) groups is 1. The molecule has 2 aromatic rings. The summed E-state index contributed by atoms with van der Waals surface area (Å²) in [5.41, 5.74) is 2.97. The van der Waals surface area contributed by atoms with Crippen molar-refractivity contribution in [2.24, 2.45) is 0 Å². The van der Waals surface area contributed by atoms with E-state index in [1.807, 2.05) is 24.4 Å². The molecule has 3 rings (SSSR count). The topological polar surface area (TPSA) is 57.8 Å². The van der Waals surface area contributed by atoms with E-state index in [0.717, 1.165) is 11.4 Å². The quantitative estimate of drug-likeness (QED) is 0.708. The molecule has 1 amide bonds. The summed E-state index contributed by atoms with van der Waals surface area (Å²) in [5.74, 6) is -0.108. The highest BCUT2D eigenvalue weighted by Gasteiger charge is 2.24. The number of amides is 1.